The quantitative estimate of drug-likeness (QED) is 0.920. The van der Waals surface area contributed by atoms with E-state index in [0.717, 1.165) is 16.4 Å². The Bertz CT molecular complexity index is 779. The van der Waals surface area contributed by atoms with E-state index in [1.54, 1.807) is 11.3 Å². The Kier molecular flexibility index (Phi) is 3.80. The number of rotatable bonds is 3. The number of aryl methyl sites for hydroxylation is 1. The Morgan fingerprint density at radius 2 is 2.24 bits per heavy atom. The van der Waals surface area contributed by atoms with Gasteiger partial charge >= 0.3 is 0 Å². The van der Waals surface area contributed by atoms with Crippen LogP contribution in [-0.4, -0.2) is 35.2 Å². The van der Waals surface area contributed by atoms with Crippen LogP contribution < -0.4 is 5.32 Å². The molecule has 1 N–H and O–H groups in total. The van der Waals surface area contributed by atoms with Crippen molar-refractivity contribution < 1.29 is 13.2 Å². The zero-order chi connectivity index (χ0) is 15.0. The number of nitrogens with one attached hydrogen (secondary N) is 1. The Morgan fingerprint density at radius 1 is 1.43 bits per heavy atom. The largest absolute Gasteiger partial charge is 0.300 e. The number of hydrogen-bond donors (Lipinski definition) is 1. The summed E-state index contributed by atoms with van der Waals surface area (Å²) < 4.78 is 27.0. The molecule has 1 aliphatic rings. The van der Waals surface area contributed by atoms with Crippen molar-refractivity contribution in [3.8, 4) is 10.7 Å². The maximum Gasteiger partial charge on any atom is 0.230 e. The summed E-state index contributed by atoms with van der Waals surface area (Å²) in [4.78, 5) is 18.4. The van der Waals surface area contributed by atoms with E-state index in [4.69, 9.17) is 0 Å². The number of anilines is 1. The molecule has 1 aliphatic heterocycles. The van der Waals surface area contributed by atoms with E-state index in [0.29, 0.717) is 17.4 Å². The number of carbonyl (C=O) groups excluding carboxylic acids is 1. The van der Waals surface area contributed by atoms with Crippen LogP contribution in [0.4, 0.5) is 5.13 Å². The van der Waals surface area contributed by atoms with Crippen LogP contribution in [-0.2, 0) is 14.6 Å². The normalized spacial score (nSPS) is 20.5. The van der Waals surface area contributed by atoms with Gasteiger partial charge in [0.05, 0.1) is 22.3 Å². The number of thiophene rings is 1. The van der Waals surface area contributed by atoms with Crippen LogP contribution >= 0.6 is 22.9 Å². The van der Waals surface area contributed by atoms with Crippen LogP contribution in [0.25, 0.3) is 10.7 Å². The molecule has 1 saturated heterocycles. The Morgan fingerprint density at radius 3 is 2.86 bits per heavy atom. The summed E-state index contributed by atoms with van der Waals surface area (Å²) in [5.74, 6) is -0.171. The summed E-state index contributed by atoms with van der Waals surface area (Å²) in [6.45, 7) is 2.00. The number of nitrogens with zero attached hydrogens (tertiary/aromatic N) is 2. The predicted molar refractivity (Wildman–Crippen MR) is 83.3 cm³/mol. The van der Waals surface area contributed by atoms with Gasteiger partial charge in [-0.1, -0.05) is 0 Å². The molecule has 0 aromatic carbocycles. The van der Waals surface area contributed by atoms with Gasteiger partial charge in [-0.2, -0.15) is 9.36 Å². The Hall–Kier alpha value is -1.32. The molecule has 1 amide bonds. The smallest absolute Gasteiger partial charge is 0.230 e. The molecular formula is C12H13N3O3S3. The van der Waals surface area contributed by atoms with Gasteiger partial charge in [0.1, 0.15) is 0 Å². The maximum atomic E-state index is 12.0. The van der Waals surface area contributed by atoms with Crippen molar-refractivity contribution in [1.29, 1.82) is 0 Å². The SMILES string of the molecule is Cc1ccc(-c2nsc(NC(=O)[C@@H]3CCS(=O)(=O)C3)n2)s1. The minimum absolute atomic E-state index is 0.0748. The van der Waals surface area contributed by atoms with Gasteiger partial charge in [-0.25, -0.2) is 8.42 Å². The van der Waals surface area contributed by atoms with Crippen LogP contribution in [0.5, 0.6) is 0 Å². The molecule has 3 rings (SSSR count). The summed E-state index contributed by atoms with van der Waals surface area (Å²) >= 11 is 2.69. The molecule has 1 atom stereocenters. The summed E-state index contributed by atoms with van der Waals surface area (Å²) in [6.07, 6.45) is 0.379. The lowest BCUT2D eigenvalue weighted by molar-refractivity contribution is -0.119. The van der Waals surface area contributed by atoms with E-state index in [-0.39, 0.29) is 17.4 Å². The molecule has 21 heavy (non-hydrogen) atoms. The highest BCUT2D eigenvalue weighted by Gasteiger charge is 2.33. The summed E-state index contributed by atoms with van der Waals surface area (Å²) in [5.41, 5.74) is 0. The van der Waals surface area contributed by atoms with E-state index >= 15 is 0 Å². The highest BCUT2D eigenvalue weighted by molar-refractivity contribution is 7.91. The zero-order valence-electron chi connectivity index (χ0n) is 11.2. The van der Waals surface area contributed by atoms with E-state index < -0.39 is 15.8 Å². The first kappa shape index (κ1) is 14.6. The molecular weight excluding hydrogens is 330 g/mol. The molecule has 9 heteroatoms. The van der Waals surface area contributed by atoms with Gasteiger partial charge in [0.2, 0.25) is 11.0 Å². The number of carbonyl (C=O) groups is 1. The number of hydrogen-bond acceptors (Lipinski definition) is 7. The molecule has 0 bridgehead atoms. The molecule has 6 nitrogen and oxygen atoms in total. The minimum atomic E-state index is -3.06. The van der Waals surface area contributed by atoms with Gasteiger partial charge in [0.15, 0.2) is 15.7 Å². The summed E-state index contributed by atoms with van der Waals surface area (Å²) in [6, 6.07) is 3.93. The number of amides is 1. The maximum absolute atomic E-state index is 12.0. The van der Waals surface area contributed by atoms with Crippen molar-refractivity contribution in [3.63, 3.8) is 0 Å². The van der Waals surface area contributed by atoms with Crippen LogP contribution in [0.2, 0.25) is 0 Å². The average Bonchev–Trinajstić information content (AvgIpc) is 3.09. The lowest BCUT2D eigenvalue weighted by Crippen LogP contribution is -2.23. The fourth-order valence-corrected chi connectivity index (χ4v) is 5.32. The molecule has 0 spiro atoms. The Labute approximate surface area is 130 Å². The van der Waals surface area contributed by atoms with Crippen molar-refractivity contribution in [1.82, 2.24) is 9.36 Å². The fraction of sp³-hybridized carbons (Fsp3) is 0.417. The van der Waals surface area contributed by atoms with Gasteiger partial charge in [-0.3, -0.25) is 4.79 Å². The summed E-state index contributed by atoms with van der Waals surface area (Å²) in [5, 5.41) is 3.07. The van der Waals surface area contributed by atoms with Crippen LogP contribution in [0, 0.1) is 12.8 Å². The van der Waals surface area contributed by atoms with Gasteiger partial charge in [-0.05, 0) is 25.5 Å². The first-order valence-corrected chi connectivity index (χ1v) is 9.76. The van der Waals surface area contributed by atoms with Crippen LogP contribution in [0.3, 0.4) is 0 Å². The predicted octanol–water partition coefficient (Wildman–Crippen LogP) is 1.95. The lowest BCUT2D eigenvalue weighted by Gasteiger charge is -2.05. The first-order valence-electron chi connectivity index (χ1n) is 6.35. The minimum Gasteiger partial charge on any atom is -0.300 e. The standard InChI is InChI=1S/C12H13N3O3S3/c1-7-2-3-9(19-7)10-13-12(20-15-10)14-11(16)8-4-5-21(17,18)6-8/h2-3,8H,4-6H2,1H3,(H,13,14,15,16)/t8-/m1/s1. The molecule has 3 heterocycles. The van der Waals surface area contributed by atoms with Crippen LogP contribution in [0.1, 0.15) is 11.3 Å². The highest BCUT2D eigenvalue weighted by atomic mass is 32.2. The number of sulfone groups is 1. The molecule has 0 unspecified atom stereocenters. The zero-order valence-corrected chi connectivity index (χ0v) is 13.6. The average molecular weight is 343 g/mol. The molecule has 0 aliphatic carbocycles. The van der Waals surface area contributed by atoms with E-state index in [1.807, 2.05) is 19.1 Å². The van der Waals surface area contributed by atoms with E-state index in [9.17, 15) is 13.2 Å². The summed E-state index contributed by atoms with van der Waals surface area (Å²) in [7, 11) is -3.06. The third-order valence-electron chi connectivity index (χ3n) is 3.22. The fourth-order valence-electron chi connectivity index (χ4n) is 2.14. The molecule has 0 radical (unpaired) electrons. The van der Waals surface area contributed by atoms with Gasteiger partial charge in [0.25, 0.3) is 0 Å². The van der Waals surface area contributed by atoms with E-state index in [2.05, 4.69) is 14.7 Å². The highest BCUT2D eigenvalue weighted by Crippen LogP contribution is 2.28. The third-order valence-corrected chi connectivity index (χ3v) is 6.62. The number of aromatic nitrogens is 2. The second-order valence-corrected chi connectivity index (χ2v) is 9.19. The molecule has 0 saturated carbocycles. The lowest BCUT2D eigenvalue weighted by atomic mass is 10.1. The van der Waals surface area contributed by atoms with Crippen molar-refractivity contribution in [3.05, 3.63) is 17.0 Å². The van der Waals surface area contributed by atoms with Gasteiger partial charge < -0.3 is 5.32 Å². The van der Waals surface area contributed by atoms with Crippen molar-refractivity contribution in [2.24, 2.45) is 5.92 Å². The monoisotopic (exact) mass is 343 g/mol. The second kappa shape index (κ2) is 5.47. The molecule has 112 valence electrons. The van der Waals surface area contributed by atoms with Crippen molar-refractivity contribution in [2.45, 2.75) is 13.3 Å². The molecule has 1 fully saturated rings. The third kappa shape index (κ3) is 3.30. The first-order chi connectivity index (χ1) is 9.93. The van der Waals surface area contributed by atoms with E-state index in [1.165, 1.54) is 4.88 Å². The van der Waals surface area contributed by atoms with Gasteiger partial charge in [-0.15, -0.1) is 11.3 Å². The van der Waals surface area contributed by atoms with Gasteiger partial charge in [0, 0.05) is 16.4 Å². The van der Waals surface area contributed by atoms with Crippen molar-refractivity contribution in [2.75, 3.05) is 16.8 Å². The van der Waals surface area contributed by atoms with Crippen LogP contribution in [0.15, 0.2) is 12.1 Å². The Balaban J connectivity index is 1.69. The second-order valence-electron chi connectivity index (χ2n) is 4.92. The molecule has 2 aromatic heterocycles. The molecule has 2 aromatic rings. The van der Waals surface area contributed by atoms with Crippen molar-refractivity contribution >= 4 is 43.7 Å². The topological polar surface area (TPSA) is 89.0 Å².